The van der Waals surface area contributed by atoms with E-state index in [4.69, 9.17) is 0 Å². The minimum absolute atomic E-state index is 0.516. The molecular formula is C10H14F3NS. The lowest BCUT2D eigenvalue weighted by molar-refractivity contribution is -0.137. The number of hydrogen-bond acceptors (Lipinski definition) is 1. The van der Waals surface area contributed by atoms with Crippen molar-refractivity contribution in [2.24, 2.45) is 0 Å². The average molecular weight is 237 g/mol. The lowest BCUT2D eigenvalue weighted by Gasteiger charge is -2.06. The van der Waals surface area contributed by atoms with Crippen LogP contribution in [0.5, 0.6) is 0 Å². The van der Waals surface area contributed by atoms with Crippen LogP contribution < -0.4 is 0 Å². The Morgan fingerprint density at radius 1 is 1.40 bits per heavy atom. The van der Waals surface area contributed by atoms with E-state index in [0.717, 1.165) is 18.0 Å². The summed E-state index contributed by atoms with van der Waals surface area (Å²) in [5.41, 5.74) is -0.572. The van der Waals surface area contributed by atoms with Crippen LogP contribution in [0.3, 0.4) is 0 Å². The zero-order valence-electron chi connectivity index (χ0n) is 8.71. The van der Waals surface area contributed by atoms with Crippen LogP contribution >= 0.6 is 11.8 Å². The molecule has 0 aliphatic heterocycles. The molecule has 0 aliphatic rings. The Kier molecular flexibility index (Phi) is 4.13. The molecular weight excluding hydrogens is 223 g/mol. The number of halogens is 3. The summed E-state index contributed by atoms with van der Waals surface area (Å²) in [4.78, 5) is 0. The lowest BCUT2D eigenvalue weighted by Crippen LogP contribution is -2.04. The fourth-order valence-electron chi connectivity index (χ4n) is 1.14. The van der Waals surface area contributed by atoms with Gasteiger partial charge in [0.1, 0.15) is 0 Å². The molecule has 1 aromatic rings. The van der Waals surface area contributed by atoms with Crippen molar-refractivity contribution < 1.29 is 13.2 Å². The van der Waals surface area contributed by atoms with Crippen molar-refractivity contribution in [2.75, 3.05) is 5.75 Å². The molecule has 0 aliphatic carbocycles. The van der Waals surface area contributed by atoms with Gasteiger partial charge in [-0.25, -0.2) is 0 Å². The molecule has 0 amide bonds. The van der Waals surface area contributed by atoms with E-state index >= 15 is 0 Å². The lowest BCUT2D eigenvalue weighted by atomic mass is 10.3. The van der Waals surface area contributed by atoms with Gasteiger partial charge < -0.3 is 4.57 Å². The Morgan fingerprint density at radius 3 is 2.53 bits per heavy atom. The summed E-state index contributed by atoms with van der Waals surface area (Å²) in [6.07, 6.45) is -1.60. The van der Waals surface area contributed by atoms with Crippen molar-refractivity contribution >= 4 is 11.8 Å². The second-order valence-electron chi connectivity index (χ2n) is 3.56. The molecule has 15 heavy (non-hydrogen) atoms. The largest absolute Gasteiger partial charge is 0.417 e. The van der Waals surface area contributed by atoms with Crippen LogP contribution in [0.4, 0.5) is 13.2 Å². The molecule has 0 bridgehead atoms. The number of alkyl halides is 3. The van der Waals surface area contributed by atoms with E-state index in [9.17, 15) is 13.2 Å². The molecule has 0 atom stereocenters. The molecule has 1 heterocycles. The molecule has 0 saturated carbocycles. The van der Waals surface area contributed by atoms with E-state index in [1.807, 2.05) is 0 Å². The number of thioether (sulfide) groups is 1. The van der Waals surface area contributed by atoms with Crippen molar-refractivity contribution in [3.05, 3.63) is 24.0 Å². The van der Waals surface area contributed by atoms with Gasteiger partial charge in [0.2, 0.25) is 0 Å². The van der Waals surface area contributed by atoms with Gasteiger partial charge in [-0.05, 0) is 11.3 Å². The highest BCUT2D eigenvalue weighted by Gasteiger charge is 2.31. The second kappa shape index (κ2) is 4.96. The second-order valence-corrected chi connectivity index (χ2v) is 5.24. The van der Waals surface area contributed by atoms with E-state index in [0.29, 0.717) is 11.8 Å². The molecule has 0 fully saturated rings. The summed E-state index contributed by atoms with van der Waals surface area (Å²) in [7, 11) is 0. The molecule has 0 N–H and O–H groups in total. The molecule has 0 unspecified atom stereocenters. The summed E-state index contributed by atoms with van der Waals surface area (Å²) in [6.45, 7) is 4.77. The van der Waals surface area contributed by atoms with E-state index in [2.05, 4.69) is 13.8 Å². The molecule has 1 rings (SSSR count). The summed E-state index contributed by atoms with van der Waals surface area (Å²) >= 11 is 1.74. The van der Waals surface area contributed by atoms with Crippen LogP contribution in [0.15, 0.2) is 18.5 Å². The zero-order valence-corrected chi connectivity index (χ0v) is 9.53. The Balaban J connectivity index is 2.47. The third-order valence-corrected chi connectivity index (χ3v) is 2.96. The van der Waals surface area contributed by atoms with Crippen molar-refractivity contribution in [2.45, 2.75) is 31.8 Å². The highest BCUT2D eigenvalue weighted by Crippen LogP contribution is 2.29. The molecule has 0 spiro atoms. The van der Waals surface area contributed by atoms with Crippen molar-refractivity contribution in [1.29, 1.82) is 0 Å². The van der Waals surface area contributed by atoms with Gasteiger partial charge in [0.05, 0.1) is 5.56 Å². The highest BCUT2D eigenvalue weighted by atomic mass is 32.2. The Labute approximate surface area is 91.7 Å². The van der Waals surface area contributed by atoms with Gasteiger partial charge in [0, 0.05) is 24.7 Å². The minimum Gasteiger partial charge on any atom is -0.353 e. The van der Waals surface area contributed by atoms with Gasteiger partial charge in [-0.3, -0.25) is 0 Å². The van der Waals surface area contributed by atoms with Gasteiger partial charge >= 0.3 is 6.18 Å². The number of hydrogen-bond donors (Lipinski definition) is 0. The topological polar surface area (TPSA) is 4.93 Å². The van der Waals surface area contributed by atoms with E-state index in [-0.39, 0.29) is 0 Å². The molecule has 0 aromatic carbocycles. The minimum atomic E-state index is -4.23. The van der Waals surface area contributed by atoms with Gasteiger partial charge in [-0.2, -0.15) is 24.9 Å². The van der Waals surface area contributed by atoms with Crippen LogP contribution in [0, 0.1) is 0 Å². The monoisotopic (exact) mass is 237 g/mol. The Bertz CT molecular complexity index is 304. The van der Waals surface area contributed by atoms with Gasteiger partial charge in [0.25, 0.3) is 0 Å². The SMILES string of the molecule is CC(C)SCCn1ccc(C(F)(F)F)c1. The normalized spacial score (nSPS) is 12.4. The molecule has 86 valence electrons. The van der Waals surface area contributed by atoms with Crippen LogP contribution in [-0.4, -0.2) is 15.6 Å². The smallest absolute Gasteiger partial charge is 0.353 e. The maximum Gasteiger partial charge on any atom is 0.417 e. The maximum atomic E-state index is 12.2. The first-order chi connectivity index (χ1) is 6.89. The zero-order chi connectivity index (χ0) is 11.5. The van der Waals surface area contributed by atoms with E-state index in [1.54, 1.807) is 16.3 Å². The molecule has 1 nitrogen and oxygen atoms in total. The fourth-order valence-corrected chi connectivity index (χ4v) is 1.93. The van der Waals surface area contributed by atoms with E-state index < -0.39 is 11.7 Å². The number of rotatable bonds is 4. The van der Waals surface area contributed by atoms with Gasteiger partial charge in [-0.15, -0.1) is 0 Å². The Hall–Kier alpha value is -0.580. The number of nitrogens with zero attached hydrogens (tertiary/aromatic N) is 1. The van der Waals surface area contributed by atoms with Crippen molar-refractivity contribution in [1.82, 2.24) is 4.57 Å². The van der Waals surface area contributed by atoms with Crippen molar-refractivity contribution in [3.63, 3.8) is 0 Å². The van der Waals surface area contributed by atoms with E-state index in [1.165, 1.54) is 6.20 Å². The molecule has 0 radical (unpaired) electrons. The summed E-state index contributed by atoms with van der Waals surface area (Å²) < 4.78 is 38.3. The summed E-state index contributed by atoms with van der Waals surface area (Å²) in [6, 6.07) is 1.11. The predicted octanol–water partition coefficient (Wildman–Crippen LogP) is 3.65. The van der Waals surface area contributed by atoms with Crippen LogP contribution in [0.1, 0.15) is 19.4 Å². The standard InChI is InChI=1S/C10H14F3NS/c1-8(2)15-6-5-14-4-3-9(7-14)10(11,12)13/h3-4,7-8H,5-6H2,1-2H3. The van der Waals surface area contributed by atoms with Crippen LogP contribution in [0.2, 0.25) is 0 Å². The maximum absolute atomic E-state index is 12.2. The average Bonchev–Trinajstić information content (AvgIpc) is 2.51. The molecule has 5 heteroatoms. The number of aromatic nitrogens is 1. The predicted molar refractivity (Wildman–Crippen MR) is 57.0 cm³/mol. The van der Waals surface area contributed by atoms with Gasteiger partial charge in [0.15, 0.2) is 0 Å². The van der Waals surface area contributed by atoms with Crippen molar-refractivity contribution in [3.8, 4) is 0 Å². The molecule has 1 aromatic heterocycles. The summed E-state index contributed by atoms with van der Waals surface area (Å²) in [5, 5.41) is 0.516. The first-order valence-corrected chi connectivity index (χ1v) is 5.79. The van der Waals surface area contributed by atoms with Gasteiger partial charge in [-0.1, -0.05) is 13.8 Å². The highest BCUT2D eigenvalue weighted by molar-refractivity contribution is 7.99. The fraction of sp³-hybridized carbons (Fsp3) is 0.600. The number of aryl methyl sites for hydroxylation is 1. The molecule has 0 saturated heterocycles. The first kappa shape index (κ1) is 12.5. The first-order valence-electron chi connectivity index (χ1n) is 4.74. The summed E-state index contributed by atoms with van der Waals surface area (Å²) in [5.74, 6) is 0.837. The van der Waals surface area contributed by atoms with Crippen LogP contribution in [-0.2, 0) is 12.7 Å². The quantitative estimate of drug-likeness (QED) is 0.773. The third kappa shape index (κ3) is 4.20. The third-order valence-electron chi connectivity index (χ3n) is 1.88. The Morgan fingerprint density at radius 2 is 2.07 bits per heavy atom. The van der Waals surface area contributed by atoms with Crippen LogP contribution in [0.25, 0.3) is 0 Å².